The Kier molecular flexibility index (Phi) is 4.53. The maximum absolute atomic E-state index is 12.2. The van der Waals surface area contributed by atoms with Gasteiger partial charge in [0.15, 0.2) is 5.78 Å². The standard InChI is InChI=1S/C16H13BrO2/c1-2-11-19-15-9-5-13(6-10-15)16(18)12-3-7-14(17)8-4-12/h2-11H,1H3. The molecule has 0 aliphatic rings. The monoisotopic (exact) mass is 316 g/mol. The molecule has 0 bridgehead atoms. The van der Waals surface area contributed by atoms with Gasteiger partial charge >= 0.3 is 0 Å². The molecule has 0 saturated carbocycles. The third kappa shape index (κ3) is 3.55. The lowest BCUT2D eigenvalue weighted by molar-refractivity contribution is 0.103. The number of carbonyl (C=O) groups excluding carboxylic acids is 1. The van der Waals surface area contributed by atoms with Crippen molar-refractivity contribution < 1.29 is 9.53 Å². The molecule has 2 aromatic rings. The molecule has 0 aliphatic carbocycles. The number of hydrogen-bond donors (Lipinski definition) is 0. The first-order valence-corrected chi connectivity index (χ1v) is 6.68. The second-order valence-corrected chi connectivity index (χ2v) is 4.86. The molecule has 0 fully saturated rings. The average Bonchev–Trinajstić information content (AvgIpc) is 2.46. The number of allylic oxidation sites excluding steroid dienone is 1. The van der Waals surface area contributed by atoms with Gasteiger partial charge in [-0.05, 0) is 55.5 Å². The van der Waals surface area contributed by atoms with Gasteiger partial charge in [0.1, 0.15) is 5.75 Å². The normalized spacial score (nSPS) is 10.6. The Morgan fingerprint density at radius 3 is 2.05 bits per heavy atom. The molecule has 2 aromatic carbocycles. The molecule has 0 radical (unpaired) electrons. The van der Waals surface area contributed by atoms with Crippen LogP contribution in [0.1, 0.15) is 22.8 Å². The SMILES string of the molecule is CC=COc1ccc(C(=O)c2ccc(Br)cc2)cc1. The van der Waals surface area contributed by atoms with Crippen molar-refractivity contribution in [2.24, 2.45) is 0 Å². The summed E-state index contributed by atoms with van der Waals surface area (Å²) in [6.45, 7) is 1.88. The topological polar surface area (TPSA) is 26.3 Å². The Labute approximate surface area is 120 Å². The van der Waals surface area contributed by atoms with Crippen molar-refractivity contribution in [3.05, 3.63) is 76.5 Å². The predicted octanol–water partition coefficient (Wildman–Crippen LogP) is 4.59. The summed E-state index contributed by atoms with van der Waals surface area (Å²) >= 11 is 3.35. The lowest BCUT2D eigenvalue weighted by Gasteiger charge is -2.03. The van der Waals surface area contributed by atoms with Gasteiger partial charge in [-0.15, -0.1) is 0 Å². The van der Waals surface area contributed by atoms with Gasteiger partial charge in [-0.2, -0.15) is 0 Å². The maximum Gasteiger partial charge on any atom is 0.193 e. The molecule has 0 saturated heterocycles. The third-order valence-electron chi connectivity index (χ3n) is 2.56. The van der Waals surface area contributed by atoms with Gasteiger partial charge in [-0.25, -0.2) is 0 Å². The number of halogens is 1. The third-order valence-corrected chi connectivity index (χ3v) is 3.09. The van der Waals surface area contributed by atoms with Crippen LogP contribution in [0.4, 0.5) is 0 Å². The molecule has 96 valence electrons. The van der Waals surface area contributed by atoms with Crippen molar-refractivity contribution >= 4 is 21.7 Å². The van der Waals surface area contributed by atoms with Crippen LogP contribution in [-0.2, 0) is 0 Å². The van der Waals surface area contributed by atoms with Gasteiger partial charge in [0.25, 0.3) is 0 Å². The van der Waals surface area contributed by atoms with E-state index in [0.29, 0.717) is 16.9 Å². The van der Waals surface area contributed by atoms with Crippen LogP contribution >= 0.6 is 15.9 Å². The van der Waals surface area contributed by atoms with Crippen LogP contribution in [0.3, 0.4) is 0 Å². The van der Waals surface area contributed by atoms with Gasteiger partial charge in [-0.3, -0.25) is 4.79 Å². The molecule has 0 unspecified atom stereocenters. The minimum absolute atomic E-state index is 0.00471. The zero-order chi connectivity index (χ0) is 13.7. The highest BCUT2D eigenvalue weighted by molar-refractivity contribution is 9.10. The lowest BCUT2D eigenvalue weighted by atomic mass is 10.0. The summed E-state index contributed by atoms with van der Waals surface area (Å²) < 4.78 is 6.27. The van der Waals surface area contributed by atoms with E-state index in [2.05, 4.69) is 15.9 Å². The first-order chi connectivity index (χ1) is 9.20. The molecule has 0 atom stereocenters. The van der Waals surface area contributed by atoms with Gasteiger partial charge in [0.2, 0.25) is 0 Å². The average molecular weight is 317 g/mol. The van der Waals surface area contributed by atoms with Gasteiger partial charge in [-0.1, -0.05) is 22.0 Å². The van der Waals surface area contributed by atoms with E-state index in [1.54, 1.807) is 48.7 Å². The molecule has 19 heavy (non-hydrogen) atoms. The van der Waals surface area contributed by atoms with Crippen LogP contribution < -0.4 is 4.74 Å². The molecule has 0 aliphatic heterocycles. The Bertz CT molecular complexity index is 583. The Morgan fingerprint density at radius 1 is 1.00 bits per heavy atom. The Balaban J connectivity index is 2.17. The van der Waals surface area contributed by atoms with Crippen LogP contribution in [0, 0.1) is 0 Å². The van der Waals surface area contributed by atoms with Crippen molar-refractivity contribution in [3.63, 3.8) is 0 Å². The summed E-state index contributed by atoms with van der Waals surface area (Å²) in [5, 5.41) is 0. The number of hydrogen-bond acceptors (Lipinski definition) is 2. The number of ketones is 1. The van der Waals surface area contributed by atoms with Crippen LogP contribution in [0.5, 0.6) is 5.75 Å². The fourth-order valence-corrected chi connectivity index (χ4v) is 1.86. The second kappa shape index (κ2) is 6.34. The van der Waals surface area contributed by atoms with E-state index < -0.39 is 0 Å². The van der Waals surface area contributed by atoms with Gasteiger partial charge in [0, 0.05) is 15.6 Å². The summed E-state index contributed by atoms with van der Waals surface area (Å²) in [5.41, 5.74) is 1.32. The highest BCUT2D eigenvalue weighted by atomic mass is 79.9. The summed E-state index contributed by atoms with van der Waals surface area (Å²) in [6, 6.07) is 14.4. The number of ether oxygens (including phenoxy) is 1. The summed E-state index contributed by atoms with van der Waals surface area (Å²) in [5.74, 6) is 0.718. The first kappa shape index (κ1) is 13.6. The number of rotatable bonds is 4. The largest absolute Gasteiger partial charge is 0.465 e. The van der Waals surface area contributed by atoms with E-state index in [4.69, 9.17) is 4.74 Å². The van der Waals surface area contributed by atoms with Crippen LogP contribution in [0.2, 0.25) is 0 Å². The van der Waals surface area contributed by atoms with Crippen LogP contribution in [0.15, 0.2) is 65.3 Å². The molecule has 2 rings (SSSR count). The smallest absolute Gasteiger partial charge is 0.193 e. The number of carbonyl (C=O) groups is 1. The van der Waals surface area contributed by atoms with Gasteiger partial charge < -0.3 is 4.74 Å². The molecule has 0 N–H and O–H groups in total. The lowest BCUT2D eigenvalue weighted by Crippen LogP contribution is -2.00. The molecule has 0 spiro atoms. The fraction of sp³-hybridized carbons (Fsp3) is 0.0625. The highest BCUT2D eigenvalue weighted by Gasteiger charge is 2.08. The van der Waals surface area contributed by atoms with E-state index in [0.717, 1.165) is 4.47 Å². The minimum Gasteiger partial charge on any atom is -0.465 e. The Hall–Kier alpha value is -1.87. The van der Waals surface area contributed by atoms with Crippen molar-refractivity contribution in [1.29, 1.82) is 0 Å². The van der Waals surface area contributed by atoms with Crippen LogP contribution in [0.25, 0.3) is 0 Å². The Morgan fingerprint density at radius 2 is 1.53 bits per heavy atom. The van der Waals surface area contributed by atoms with Crippen molar-refractivity contribution in [2.45, 2.75) is 6.92 Å². The summed E-state index contributed by atoms with van der Waals surface area (Å²) in [6.07, 6.45) is 3.41. The van der Waals surface area contributed by atoms with E-state index >= 15 is 0 Å². The van der Waals surface area contributed by atoms with Crippen molar-refractivity contribution in [2.75, 3.05) is 0 Å². The zero-order valence-electron chi connectivity index (χ0n) is 10.5. The predicted molar refractivity (Wildman–Crippen MR) is 79.5 cm³/mol. The van der Waals surface area contributed by atoms with Gasteiger partial charge in [0.05, 0.1) is 6.26 Å². The van der Waals surface area contributed by atoms with E-state index in [9.17, 15) is 4.79 Å². The number of benzene rings is 2. The van der Waals surface area contributed by atoms with E-state index in [1.165, 1.54) is 0 Å². The highest BCUT2D eigenvalue weighted by Crippen LogP contribution is 2.17. The quantitative estimate of drug-likeness (QED) is 0.609. The molecule has 0 amide bonds. The summed E-state index contributed by atoms with van der Waals surface area (Å²) in [7, 11) is 0. The summed E-state index contributed by atoms with van der Waals surface area (Å²) in [4.78, 5) is 12.2. The molecule has 0 heterocycles. The van der Waals surface area contributed by atoms with Crippen molar-refractivity contribution in [1.82, 2.24) is 0 Å². The molecule has 0 aromatic heterocycles. The fourth-order valence-electron chi connectivity index (χ4n) is 1.60. The minimum atomic E-state index is 0.00471. The maximum atomic E-state index is 12.2. The molecule has 3 heteroatoms. The van der Waals surface area contributed by atoms with E-state index in [1.807, 2.05) is 19.1 Å². The molecular weight excluding hydrogens is 304 g/mol. The molecule has 2 nitrogen and oxygen atoms in total. The first-order valence-electron chi connectivity index (χ1n) is 5.89. The zero-order valence-corrected chi connectivity index (χ0v) is 12.1. The second-order valence-electron chi connectivity index (χ2n) is 3.95. The van der Waals surface area contributed by atoms with Crippen LogP contribution in [-0.4, -0.2) is 5.78 Å². The van der Waals surface area contributed by atoms with Crippen molar-refractivity contribution in [3.8, 4) is 5.75 Å². The van der Waals surface area contributed by atoms with E-state index in [-0.39, 0.29) is 5.78 Å². The molecular formula is C16H13BrO2.